The largest absolute Gasteiger partial charge is 0.481 e. The molecule has 124 valence electrons. The summed E-state index contributed by atoms with van der Waals surface area (Å²) in [6, 6.07) is 0. The third-order valence-corrected chi connectivity index (χ3v) is 5.13. The second-order valence-corrected chi connectivity index (χ2v) is 7.06. The highest BCUT2D eigenvalue weighted by molar-refractivity contribution is 5.71. The van der Waals surface area contributed by atoms with Gasteiger partial charge in [-0.1, -0.05) is 65.2 Å². The van der Waals surface area contributed by atoms with Crippen molar-refractivity contribution in [3.8, 4) is 0 Å². The average Bonchev–Trinajstić information content (AvgIpc) is 2.38. The maximum atomic E-state index is 11.0. The molecule has 1 aliphatic heterocycles. The van der Waals surface area contributed by atoms with Crippen LogP contribution in [0.5, 0.6) is 0 Å². The lowest BCUT2D eigenvalue weighted by Crippen LogP contribution is -2.60. The van der Waals surface area contributed by atoms with Crippen LogP contribution in [-0.2, 0) is 4.79 Å². The zero-order valence-electron chi connectivity index (χ0n) is 14.4. The first kappa shape index (κ1) is 18.5. The van der Waals surface area contributed by atoms with Crippen LogP contribution in [0.4, 0.5) is 0 Å². The van der Waals surface area contributed by atoms with Crippen LogP contribution in [0.1, 0.15) is 85.0 Å². The lowest BCUT2D eigenvalue weighted by molar-refractivity contribution is -0.151. The zero-order chi connectivity index (χ0) is 15.7. The molecular weight excluding hydrogens is 262 g/mol. The standard InChI is InChI=1S/C18H35NO2/c1-4-6-8-10-12-18(3,13-11-9-7-5-2)19-14-16(15-19)17(20)21/h16H,4-15H2,1-3H3,(H,20,21). The quantitative estimate of drug-likeness (QED) is 0.531. The monoisotopic (exact) mass is 297 g/mol. The van der Waals surface area contributed by atoms with Crippen molar-refractivity contribution in [3.05, 3.63) is 0 Å². The van der Waals surface area contributed by atoms with Crippen LogP contribution >= 0.6 is 0 Å². The normalized spacial score (nSPS) is 16.9. The predicted molar refractivity (Wildman–Crippen MR) is 88.6 cm³/mol. The lowest BCUT2D eigenvalue weighted by atomic mass is 9.82. The van der Waals surface area contributed by atoms with E-state index in [9.17, 15) is 4.79 Å². The Balaban J connectivity index is 2.43. The van der Waals surface area contributed by atoms with Crippen LogP contribution in [0.25, 0.3) is 0 Å². The van der Waals surface area contributed by atoms with Crippen molar-refractivity contribution < 1.29 is 9.90 Å². The van der Waals surface area contributed by atoms with Gasteiger partial charge in [0, 0.05) is 18.6 Å². The van der Waals surface area contributed by atoms with Gasteiger partial charge in [-0.3, -0.25) is 9.69 Å². The molecule has 21 heavy (non-hydrogen) atoms. The molecule has 0 atom stereocenters. The maximum absolute atomic E-state index is 11.0. The zero-order valence-corrected chi connectivity index (χ0v) is 14.4. The maximum Gasteiger partial charge on any atom is 0.309 e. The SMILES string of the molecule is CCCCCCC(C)(CCCCCC)N1CC(C(=O)O)C1. The minimum atomic E-state index is -0.620. The fourth-order valence-electron chi connectivity index (χ4n) is 3.38. The molecule has 0 aromatic rings. The summed E-state index contributed by atoms with van der Waals surface area (Å²) < 4.78 is 0. The van der Waals surface area contributed by atoms with Gasteiger partial charge in [0.2, 0.25) is 0 Å². The van der Waals surface area contributed by atoms with E-state index in [0.29, 0.717) is 0 Å². The Morgan fingerprint density at radius 1 is 1.00 bits per heavy atom. The Bertz CT molecular complexity index is 286. The van der Waals surface area contributed by atoms with Crippen molar-refractivity contribution in [1.29, 1.82) is 0 Å². The molecule has 0 amide bonds. The number of carbonyl (C=O) groups is 1. The first-order chi connectivity index (χ1) is 10.0. The van der Waals surface area contributed by atoms with Crippen molar-refractivity contribution in [2.75, 3.05) is 13.1 Å². The molecule has 0 aromatic carbocycles. The van der Waals surface area contributed by atoms with Crippen LogP contribution in [0.2, 0.25) is 0 Å². The molecule has 3 heteroatoms. The molecule has 1 N–H and O–H groups in total. The van der Waals surface area contributed by atoms with Gasteiger partial charge in [0.15, 0.2) is 0 Å². The Labute approximate surface area is 131 Å². The van der Waals surface area contributed by atoms with Gasteiger partial charge < -0.3 is 5.11 Å². The Hall–Kier alpha value is -0.570. The van der Waals surface area contributed by atoms with Gasteiger partial charge in [-0.15, -0.1) is 0 Å². The topological polar surface area (TPSA) is 40.5 Å². The van der Waals surface area contributed by atoms with Gasteiger partial charge in [0.25, 0.3) is 0 Å². The Morgan fingerprint density at radius 2 is 1.48 bits per heavy atom. The number of hydrogen-bond donors (Lipinski definition) is 1. The molecule has 0 radical (unpaired) electrons. The Morgan fingerprint density at radius 3 is 1.86 bits per heavy atom. The summed E-state index contributed by atoms with van der Waals surface area (Å²) in [7, 11) is 0. The molecular formula is C18H35NO2. The second kappa shape index (κ2) is 9.45. The van der Waals surface area contributed by atoms with Crippen molar-refractivity contribution in [1.82, 2.24) is 4.90 Å². The Kier molecular flexibility index (Phi) is 8.31. The molecule has 1 fully saturated rings. The number of carboxylic acids is 1. The number of unbranched alkanes of at least 4 members (excludes halogenated alkanes) is 6. The molecule has 0 saturated carbocycles. The molecule has 0 aliphatic carbocycles. The number of aliphatic carboxylic acids is 1. The summed E-state index contributed by atoms with van der Waals surface area (Å²) in [5, 5.41) is 9.08. The van der Waals surface area contributed by atoms with Crippen molar-refractivity contribution in [2.45, 2.75) is 90.5 Å². The number of likely N-dealkylation sites (tertiary alicyclic amines) is 1. The molecule has 3 nitrogen and oxygen atoms in total. The summed E-state index contributed by atoms with van der Waals surface area (Å²) in [5.74, 6) is -0.749. The molecule has 1 saturated heterocycles. The minimum Gasteiger partial charge on any atom is -0.481 e. The van der Waals surface area contributed by atoms with Crippen LogP contribution < -0.4 is 0 Å². The second-order valence-electron chi connectivity index (χ2n) is 7.06. The van der Waals surface area contributed by atoms with Gasteiger partial charge in [0.1, 0.15) is 0 Å². The first-order valence-electron chi connectivity index (χ1n) is 9.01. The van der Waals surface area contributed by atoms with E-state index in [4.69, 9.17) is 5.11 Å². The summed E-state index contributed by atoms with van der Waals surface area (Å²) in [4.78, 5) is 13.5. The van der Waals surface area contributed by atoms with Crippen LogP contribution in [0, 0.1) is 5.92 Å². The highest BCUT2D eigenvalue weighted by Crippen LogP contribution is 2.34. The first-order valence-corrected chi connectivity index (χ1v) is 9.01. The van der Waals surface area contributed by atoms with Gasteiger partial charge in [-0.05, 0) is 19.8 Å². The van der Waals surface area contributed by atoms with E-state index < -0.39 is 5.97 Å². The van der Waals surface area contributed by atoms with E-state index in [1.165, 1.54) is 64.2 Å². The van der Waals surface area contributed by atoms with Gasteiger partial charge in [-0.2, -0.15) is 0 Å². The summed E-state index contributed by atoms with van der Waals surface area (Å²) in [6.07, 6.45) is 12.9. The fraction of sp³-hybridized carbons (Fsp3) is 0.944. The van der Waals surface area contributed by atoms with Crippen molar-refractivity contribution in [3.63, 3.8) is 0 Å². The molecule has 0 bridgehead atoms. The van der Waals surface area contributed by atoms with Crippen molar-refractivity contribution >= 4 is 5.97 Å². The van der Waals surface area contributed by atoms with Crippen LogP contribution in [0.3, 0.4) is 0 Å². The highest BCUT2D eigenvalue weighted by Gasteiger charge is 2.42. The van der Waals surface area contributed by atoms with E-state index in [0.717, 1.165) is 13.1 Å². The molecule has 0 spiro atoms. The van der Waals surface area contributed by atoms with E-state index in [1.54, 1.807) is 0 Å². The summed E-state index contributed by atoms with van der Waals surface area (Å²) in [5.41, 5.74) is 0.230. The number of carboxylic acid groups (broad SMARTS) is 1. The number of hydrogen-bond acceptors (Lipinski definition) is 2. The van der Waals surface area contributed by atoms with E-state index >= 15 is 0 Å². The average molecular weight is 297 g/mol. The molecule has 1 heterocycles. The predicted octanol–water partition coefficient (Wildman–Crippen LogP) is 4.70. The summed E-state index contributed by atoms with van der Waals surface area (Å²) >= 11 is 0. The molecule has 1 rings (SSSR count). The molecule has 0 aromatic heterocycles. The van der Waals surface area contributed by atoms with Crippen LogP contribution in [0.15, 0.2) is 0 Å². The third-order valence-electron chi connectivity index (χ3n) is 5.13. The minimum absolute atomic E-state index is 0.129. The van der Waals surface area contributed by atoms with Crippen molar-refractivity contribution in [2.24, 2.45) is 5.92 Å². The van der Waals surface area contributed by atoms with E-state index in [-0.39, 0.29) is 11.5 Å². The molecule has 0 unspecified atom stereocenters. The summed E-state index contributed by atoms with van der Waals surface area (Å²) in [6.45, 7) is 8.37. The number of rotatable bonds is 12. The third kappa shape index (κ3) is 5.98. The fourth-order valence-corrected chi connectivity index (χ4v) is 3.38. The highest BCUT2D eigenvalue weighted by atomic mass is 16.4. The smallest absolute Gasteiger partial charge is 0.309 e. The lowest BCUT2D eigenvalue weighted by Gasteiger charge is -2.50. The van der Waals surface area contributed by atoms with Gasteiger partial charge in [0.05, 0.1) is 5.92 Å². The van der Waals surface area contributed by atoms with Gasteiger partial charge >= 0.3 is 5.97 Å². The molecule has 1 aliphatic rings. The van der Waals surface area contributed by atoms with Crippen LogP contribution in [-0.4, -0.2) is 34.6 Å². The van der Waals surface area contributed by atoms with Gasteiger partial charge in [-0.25, -0.2) is 0 Å². The van der Waals surface area contributed by atoms with E-state index in [2.05, 4.69) is 25.7 Å². The number of nitrogens with zero attached hydrogens (tertiary/aromatic N) is 1. The van der Waals surface area contributed by atoms with E-state index in [1.807, 2.05) is 0 Å².